The number of alkyl carbamates (subject to hydrolysis) is 1. The molecule has 2 aromatic carbocycles. The van der Waals surface area contributed by atoms with Crippen LogP contribution in [0.5, 0.6) is 0 Å². The molecule has 2 aromatic rings. The summed E-state index contributed by atoms with van der Waals surface area (Å²) in [5, 5.41) is 15.8. The number of nitrogens with zero attached hydrogens (tertiary/aromatic N) is 1. The fourth-order valence-corrected chi connectivity index (χ4v) is 4.52. The Morgan fingerprint density at radius 2 is 1.87 bits per heavy atom. The van der Waals surface area contributed by atoms with Gasteiger partial charge in [0, 0.05) is 11.6 Å². The number of aryl methyl sites for hydroxylation is 1. The second-order valence-electron chi connectivity index (χ2n) is 10.5. The summed E-state index contributed by atoms with van der Waals surface area (Å²) in [6.45, 7) is 8.15. The molecule has 202 valence electrons. The maximum absolute atomic E-state index is 14.0. The van der Waals surface area contributed by atoms with Crippen LogP contribution in [0, 0.1) is 25.2 Å². The standard InChI is InChI=1S/C29H34ClN3O5/c1-7-19-12-8-9-13-20(19)25(26(35)32-24-17(2)11-10-14-21(24)30)33(23-15-18(23)3)27(36)22(16-34)31-28(37)38-29(4,5)6/h1,8-14,18,22-23,25,34H,15-16H2,2-6H3,(H,31,37)(H,32,35). The molecule has 8 nitrogen and oxygen atoms in total. The van der Waals surface area contributed by atoms with Gasteiger partial charge in [0.15, 0.2) is 0 Å². The molecule has 38 heavy (non-hydrogen) atoms. The molecule has 3 N–H and O–H groups in total. The van der Waals surface area contributed by atoms with Gasteiger partial charge >= 0.3 is 6.09 Å². The van der Waals surface area contributed by atoms with Crippen LogP contribution in [0.15, 0.2) is 42.5 Å². The number of carbonyl (C=O) groups excluding carboxylic acids is 3. The quantitative estimate of drug-likeness (QED) is 0.430. The lowest BCUT2D eigenvalue weighted by atomic mass is 9.97. The normalized spacial score (nSPS) is 17.9. The Labute approximate surface area is 228 Å². The summed E-state index contributed by atoms with van der Waals surface area (Å²) in [4.78, 5) is 41.8. The van der Waals surface area contributed by atoms with E-state index >= 15 is 0 Å². The predicted octanol–water partition coefficient (Wildman–Crippen LogP) is 4.43. The Bertz CT molecular complexity index is 1230. The van der Waals surface area contributed by atoms with Gasteiger partial charge in [-0.05, 0) is 63.3 Å². The monoisotopic (exact) mass is 539 g/mol. The highest BCUT2D eigenvalue weighted by molar-refractivity contribution is 6.34. The van der Waals surface area contributed by atoms with Crippen LogP contribution in [0.4, 0.5) is 10.5 Å². The molecule has 3 amide bonds. The second-order valence-corrected chi connectivity index (χ2v) is 10.9. The first kappa shape index (κ1) is 29.0. The Hall–Kier alpha value is -3.54. The maximum Gasteiger partial charge on any atom is 0.408 e. The molecule has 9 heteroatoms. The number of halogens is 1. The summed E-state index contributed by atoms with van der Waals surface area (Å²) < 4.78 is 5.28. The van der Waals surface area contributed by atoms with Gasteiger partial charge in [0.1, 0.15) is 17.7 Å². The van der Waals surface area contributed by atoms with Gasteiger partial charge in [0.2, 0.25) is 5.91 Å². The first-order valence-corrected chi connectivity index (χ1v) is 12.8. The number of amides is 3. The predicted molar refractivity (Wildman–Crippen MR) is 147 cm³/mol. The molecule has 3 rings (SSSR count). The summed E-state index contributed by atoms with van der Waals surface area (Å²) in [5.74, 6) is 1.54. The van der Waals surface area contributed by atoms with Crippen molar-refractivity contribution >= 4 is 35.2 Å². The first-order valence-electron chi connectivity index (χ1n) is 12.4. The average Bonchev–Trinajstić information content (AvgIpc) is 3.57. The number of rotatable bonds is 8. The Morgan fingerprint density at radius 3 is 2.42 bits per heavy atom. The average molecular weight is 540 g/mol. The molecule has 0 heterocycles. The van der Waals surface area contributed by atoms with Crippen molar-refractivity contribution in [2.24, 2.45) is 5.92 Å². The zero-order chi connectivity index (χ0) is 28.2. The van der Waals surface area contributed by atoms with Crippen molar-refractivity contribution in [1.29, 1.82) is 0 Å². The summed E-state index contributed by atoms with van der Waals surface area (Å²) in [6, 6.07) is 9.30. The number of aliphatic hydroxyl groups excluding tert-OH is 1. The molecule has 0 spiro atoms. The van der Waals surface area contributed by atoms with E-state index in [1.165, 1.54) is 4.90 Å². The van der Waals surface area contributed by atoms with Crippen LogP contribution in [-0.4, -0.2) is 52.2 Å². The fraction of sp³-hybridized carbons (Fsp3) is 0.414. The van der Waals surface area contributed by atoms with E-state index in [-0.39, 0.29) is 12.0 Å². The van der Waals surface area contributed by atoms with Crippen LogP contribution in [0.25, 0.3) is 0 Å². The van der Waals surface area contributed by atoms with Crippen molar-refractivity contribution < 1.29 is 24.2 Å². The lowest BCUT2D eigenvalue weighted by Gasteiger charge is -2.35. The number of hydrogen-bond acceptors (Lipinski definition) is 5. The minimum atomic E-state index is -1.34. The van der Waals surface area contributed by atoms with Gasteiger partial charge in [-0.25, -0.2) is 4.79 Å². The molecule has 4 unspecified atom stereocenters. The highest BCUT2D eigenvalue weighted by Gasteiger charge is 2.48. The van der Waals surface area contributed by atoms with Gasteiger partial charge < -0.3 is 25.4 Å². The van der Waals surface area contributed by atoms with Crippen molar-refractivity contribution in [3.63, 3.8) is 0 Å². The van der Waals surface area contributed by atoms with Gasteiger partial charge in [-0.1, -0.05) is 54.8 Å². The Balaban J connectivity index is 2.07. The van der Waals surface area contributed by atoms with E-state index in [0.29, 0.717) is 28.3 Å². The molecule has 0 radical (unpaired) electrons. The number of ether oxygens (including phenoxy) is 1. The Morgan fingerprint density at radius 1 is 1.21 bits per heavy atom. The van der Waals surface area contributed by atoms with Gasteiger partial charge in [-0.15, -0.1) is 6.42 Å². The molecule has 4 atom stereocenters. The van der Waals surface area contributed by atoms with Crippen LogP contribution in [0.3, 0.4) is 0 Å². The smallest absolute Gasteiger partial charge is 0.408 e. The lowest BCUT2D eigenvalue weighted by Crippen LogP contribution is -2.54. The molecular formula is C29H34ClN3O5. The highest BCUT2D eigenvalue weighted by atomic mass is 35.5. The van der Waals surface area contributed by atoms with Crippen LogP contribution >= 0.6 is 11.6 Å². The maximum atomic E-state index is 14.0. The van der Waals surface area contributed by atoms with Gasteiger partial charge in [0.05, 0.1) is 17.3 Å². The molecule has 0 bridgehead atoms. The third-order valence-electron chi connectivity index (χ3n) is 6.26. The molecule has 0 saturated heterocycles. The van der Waals surface area contributed by atoms with Crippen LogP contribution in [0.1, 0.15) is 56.8 Å². The van der Waals surface area contributed by atoms with E-state index in [2.05, 4.69) is 16.6 Å². The SMILES string of the molecule is C#Cc1ccccc1C(C(=O)Nc1c(C)cccc1Cl)N(C(=O)C(CO)NC(=O)OC(C)(C)C)C1CC1C. The van der Waals surface area contributed by atoms with E-state index in [1.54, 1.807) is 57.2 Å². The molecule has 1 aliphatic carbocycles. The van der Waals surface area contributed by atoms with Crippen molar-refractivity contribution in [3.8, 4) is 12.3 Å². The van der Waals surface area contributed by atoms with E-state index in [4.69, 9.17) is 22.8 Å². The highest BCUT2D eigenvalue weighted by Crippen LogP contribution is 2.42. The van der Waals surface area contributed by atoms with Crippen LogP contribution in [0.2, 0.25) is 5.02 Å². The molecule has 1 saturated carbocycles. The third-order valence-corrected chi connectivity index (χ3v) is 6.57. The molecule has 0 aromatic heterocycles. The first-order chi connectivity index (χ1) is 17.9. The van der Waals surface area contributed by atoms with Crippen LogP contribution in [-0.2, 0) is 14.3 Å². The van der Waals surface area contributed by atoms with E-state index < -0.39 is 42.2 Å². The summed E-state index contributed by atoms with van der Waals surface area (Å²) in [7, 11) is 0. The van der Waals surface area contributed by atoms with Gasteiger partial charge in [0.25, 0.3) is 5.91 Å². The van der Waals surface area contributed by atoms with E-state index in [9.17, 15) is 19.5 Å². The van der Waals surface area contributed by atoms with Gasteiger partial charge in [-0.3, -0.25) is 9.59 Å². The molecule has 1 fully saturated rings. The minimum Gasteiger partial charge on any atom is -0.444 e. The number of aliphatic hydroxyl groups is 1. The summed E-state index contributed by atoms with van der Waals surface area (Å²) in [5.41, 5.74) is 1.24. The minimum absolute atomic E-state index is 0.0927. The zero-order valence-corrected chi connectivity index (χ0v) is 23.0. The number of terminal acetylenes is 1. The van der Waals surface area contributed by atoms with Gasteiger partial charge in [-0.2, -0.15) is 0 Å². The van der Waals surface area contributed by atoms with E-state index in [1.807, 2.05) is 19.9 Å². The van der Waals surface area contributed by atoms with Crippen LogP contribution < -0.4 is 10.6 Å². The second kappa shape index (κ2) is 11.9. The number of carbonyl (C=O) groups is 3. The number of nitrogens with one attached hydrogen (secondary N) is 2. The zero-order valence-electron chi connectivity index (χ0n) is 22.2. The number of anilines is 1. The number of hydrogen-bond donors (Lipinski definition) is 3. The summed E-state index contributed by atoms with van der Waals surface area (Å²) in [6.07, 6.45) is 5.56. The summed E-state index contributed by atoms with van der Waals surface area (Å²) >= 11 is 6.38. The van der Waals surface area contributed by atoms with Crippen molar-refractivity contribution in [3.05, 3.63) is 64.2 Å². The number of para-hydroxylation sites is 1. The lowest BCUT2D eigenvalue weighted by molar-refractivity contribution is -0.142. The van der Waals surface area contributed by atoms with Crippen molar-refractivity contribution in [1.82, 2.24) is 10.2 Å². The largest absolute Gasteiger partial charge is 0.444 e. The van der Waals surface area contributed by atoms with Crippen molar-refractivity contribution in [2.75, 3.05) is 11.9 Å². The molecule has 0 aliphatic heterocycles. The molecular weight excluding hydrogens is 506 g/mol. The van der Waals surface area contributed by atoms with E-state index in [0.717, 1.165) is 5.56 Å². The topological polar surface area (TPSA) is 108 Å². The van der Waals surface area contributed by atoms with Crippen molar-refractivity contribution in [2.45, 2.75) is 64.8 Å². The Kier molecular flexibility index (Phi) is 9.08. The fourth-order valence-electron chi connectivity index (χ4n) is 4.25. The third kappa shape index (κ3) is 6.85. The number of benzene rings is 2. The molecule has 1 aliphatic rings.